The molecular weight excluding hydrogens is 230 g/mol. The van der Waals surface area contributed by atoms with Crippen LogP contribution in [0.15, 0.2) is 41.8 Å². The number of para-hydroxylation sites is 1. The number of benzene rings is 1. The summed E-state index contributed by atoms with van der Waals surface area (Å²) < 4.78 is 2.16. The Morgan fingerprint density at radius 1 is 1.24 bits per heavy atom. The summed E-state index contributed by atoms with van der Waals surface area (Å²) >= 11 is 1.48. The summed E-state index contributed by atoms with van der Waals surface area (Å²) in [6.07, 6.45) is 0.900. The van der Waals surface area contributed by atoms with Crippen molar-refractivity contribution < 1.29 is 4.79 Å². The largest absolute Gasteiger partial charge is 0.344 e. The second-order valence-corrected chi connectivity index (χ2v) is 4.95. The zero-order valence-electron chi connectivity index (χ0n) is 9.38. The van der Waals surface area contributed by atoms with E-state index in [9.17, 15) is 4.79 Å². The Labute approximate surface area is 103 Å². The second kappa shape index (κ2) is 3.86. The number of nitrogens with zero attached hydrogens (tertiary/aromatic N) is 1. The first kappa shape index (κ1) is 10.3. The minimum Gasteiger partial charge on any atom is -0.344 e. The molecule has 0 aliphatic carbocycles. The van der Waals surface area contributed by atoms with E-state index < -0.39 is 0 Å². The minimum atomic E-state index is 0.769. The summed E-state index contributed by atoms with van der Waals surface area (Å²) in [4.78, 5) is 11.5. The summed E-state index contributed by atoms with van der Waals surface area (Å²) in [7, 11) is 2.05. The van der Waals surface area contributed by atoms with Crippen LogP contribution in [-0.2, 0) is 7.05 Å². The molecule has 2 heterocycles. The van der Waals surface area contributed by atoms with Crippen LogP contribution in [0.5, 0.6) is 0 Å². The lowest BCUT2D eigenvalue weighted by molar-refractivity contribution is 0.112. The first-order valence-corrected chi connectivity index (χ1v) is 6.26. The maximum Gasteiger partial charge on any atom is 0.160 e. The van der Waals surface area contributed by atoms with Crippen molar-refractivity contribution in [3.8, 4) is 11.3 Å². The number of aryl methyl sites for hydroxylation is 1. The third-order valence-electron chi connectivity index (χ3n) is 2.98. The highest BCUT2D eigenvalue weighted by Gasteiger charge is 2.08. The van der Waals surface area contributed by atoms with Crippen LogP contribution >= 0.6 is 11.3 Å². The van der Waals surface area contributed by atoms with Gasteiger partial charge in [0, 0.05) is 34.6 Å². The molecule has 3 heteroatoms. The molecule has 0 aliphatic heterocycles. The predicted octanol–water partition coefficient (Wildman–Crippen LogP) is 3.72. The Balaban J connectivity index is 2.23. The second-order valence-electron chi connectivity index (χ2n) is 4.00. The summed E-state index contributed by atoms with van der Waals surface area (Å²) in [5.74, 6) is 0. The lowest BCUT2D eigenvalue weighted by Gasteiger charge is -2.01. The van der Waals surface area contributed by atoms with Crippen LogP contribution in [0, 0.1) is 0 Å². The van der Waals surface area contributed by atoms with Gasteiger partial charge in [-0.05, 0) is 18.2 Å². The number of rotatable bonds is 2. The van der Waals surface area contributed by atoms with Gasteiger partial charge < -0.3 is 4.57 Å². The van der Waals surface area contributed by atoms with Gasteiger partial charge in [0.25, 0.3) is 0 Å². The van der Waals surface area contributed by atoms with Crippen LogP contribution in [0.4, 0.5) is 0 Å². The average Bonchev–Trinajstić information content (AvgIpc) is 2.95. The number of aldehydes is 1. The highest BCUT2D eigenvalue weighted by molar-refractivity contribution is 7.12. The molecule has 0 unspecified atom stereocenters. The molecule has 0 aliphatic rings. The van der Waals surface area contributed by atoms with Crippen molar-refractivity contribution in [2.75, 3.05) is 0 Å². The highest BCUT2D eigenvalue weighted by atomic mass is 32.1. The van der Waals surface area contributed by atoms with Crippen molar-refractivity contribution in [2.45, 2.75) is 0 Å². The van der Waals surface area contributed by atoms with E-state index >= 15 is 0 Å². The maximum absolute atomic E-state index is 10.7. The predicted molar refractivity (Wildman–Crippen MR) is 71.6 cm³/mol. The van der Waals surface area contributed by atoms with Crippen LogP contribution in [0.2, 0.25) is 0 Å². The fourth-order valence-electron chi connectivity index (χ4n) is 2.11. The monoisotopic (exact) mass is 241 g/mol. The quantitative estimate of drug-likeness (QED) is 0.627. The van der Waals surface area contributed by atoms with Crippen molar-refractivity contribution in [1.29, 1.82) is 0 Å². The topological polar surface area (TPSA) is 22.0 Å². The van der Waals surface area contributed by atoms with Gasteiger partial charge in [0.2, 0.25) is 0 Å². The third-order valence-corrected chi connectivity index (χ3v) is 3.84. The fraction of sp³-hybridized carbons (Fsp3) is 0.0714. The molecule has 3 aromatic rings. The molecule has 3 rings (SSSR count). The molecule has 1 aromatic carbocycles. The molecule has 0 bridgehead atoms. The van der Waals surface area contributed by atoms with Gasteiger partial charge in [0.1, 0.15) is 0 Å². The molecule has 0 N–H and O–H groups in total. The SMILES string of the molecule is Cn1c(-c2csc(C=O)c2)cc2ccccc21. The summed E-state index contributed by atoms with van der Waals surface area (Å²) in [6, 6.07) is 12.4. The van der Waals surface area contributed by atoms with Crippen LogP contribution < -0.4 is 0 Å². The molecule has 0 radical (unpaired) electrons. The third kappa shape index (κ3) is 1.59. The lowest BCUT2D eigenvalue weighted by atomic mass is 10.2. The summed E-state index contributed by atoms with van der Waals surface area (Å²) in [6.45, 7) is 0. The number of thiophene rings is 1. The summed E-state index contributed by atoms with van der Waals surface area (Å²) in [5, 5.41) is 3.25. The number of aromatic nitrogens is 1. The maximum atomic E-state index is 10.7. The van der Waals surface area contributed by atoms with Gasteiger partial charge in [0.15, 0.2) is 6.29 Å². The van der Waals surface area contributed by atoms with Gasteiger partial charge in [0.05, 0.1) is 4.88 Å². The van der Waals surface area contributed by atoms with E-state index in [-0.39, 0.29) is 0 Å². The van der Waals surface area contributed by atoms with Gasteiger partial charge in [-0.15, -0.1) is 11.3 Å². The first-order valence-electron chi connectivity index (χ1n) is 5.38. The molecule has 84 valence electrons. The van der Waals surface area contributed by atoms with Crippen molar-refractivity contribution in [3.63, 3.8) is 0 Å². The van der Waals surface area contributed by atoms with Gasteiger partial charge in [-0.1, -0.05) is 18.2 Å². The van der Waals surface area contributed by atoms with Crippen LogP contribution in [0.25, 0.3) is 22.2 Å². The first-order chi connectivity index (χ1) is 8.29. The minimum absolute atomic E-state index is 0.769. The highest BCUT2D eigenvalue weighted by Crippen LogP contribution is 2.29. The fourth-order valence-corrected chi connectivity index (χ4v) is 2.82. The van der Waals surface area contributed by atoms with Crippen LogP contribution in [0.1, 0.15) is 9.67 Å². The van der Waals surface area contributed by atoms with Crippen molar-refractivity contribution in [3.05, 3.63) is 46.7 Å². The Morgan fingerprint density at radius 2 is 2.06 bits per heavy atom. The Hall–Kier alpha value is -1.87. The zero-order valence-corrected chi connectivity index (χ0v) is 10.2. The summed E-state index contributed by atoms with van der Waals surface area (Å²) in [5.41, 5.74) is 3.47. The van der Waals surface area contributed by atoms with Crippen molar-refractivity contribution in [2.24, 2.45) is 7.05 Å². The van der Waals surface area contributed by atoms with E-state index in [1.165, 1.54) is 22.2 Å². The Morgan fingerprint density at radius 3 is 2.76 bits per heavy atom. The molecule has 0 fully saturated rings. The number of hydrogen-bond acceptors (Lipinski definition) is 2. The molecule has 0 saturated heterocycles. The molecule has 0 atom stereocenters. The molecule has 17 heavy (non-hydrogen) atoms. The molecular formula is C14H11NOS. The van der Waals surface area contributed by atoms with Gasteiger partial charge >= 0.3 is 0 Å². The normalized spacial score (nSPS) is 10.9. The standard InChI is InChI=1S/C14H11NOS/c1-15-13-5-3-2-4-10(13)7-14(15)11-6-12(8-16)17-9-11/h2-9H,1H3. The molecule has 2 aromatic heterocycles. The number of carbonyl (C=O) groups excluding carboxylic acids is 1. The molecule has 0 spiro atoms. The van der Waals surface area contributed by atoms with Gasteiger partial charge in [-0.2, -0.15) is 0 Å². The number of hydrogen-bond donors (Lipinski definition) is 0. The Kier molecular flexibility index (Phi) is 2.34. The molecule has 0 amide bonds. The van der Waals surface area contributed by atoms with Crippen molar-refractivity contribution >= 4 is 28.5 Å². The zero-order chi connectivity index (χ0) is 11.8. The van der Waals surface area contributed by atoms with Crippen molar-refractivity contribution in [1.82, 2.24) is 4.57 Å². The van der Waals surface area contributed by atoms with Gasteiger partial charge in [-0.3, -0.25) is 4.79 Å². The van der Waals surface area contributed by atoms with Crippen LogP contribution in [-0.4, -0.2) is 10.9 Å². The Bertz CT molecular complexity index is 693. The van der Waals surface area contributed by atoms with E-state index in [1.54, 1.807) is 0 Å². The van der Waals surface area contributed by atoms with E-state index in [1.807, 2.05) is 23.6 Å². The lowest BCUT2D eigenvalue weighted by Crippen LogP contribution is -1.89. The van der Waals surface area contributed by atoms with E-state index in [0.717, 1.165) is 22.4 Å². The average molecular weight is 241 g/mol. The van der Waals surface area contributed by atoms with Gasteiger partial charge in [-0.25, -0.2) is 0 Å². The molecule has 2 nitrogen and oxygen atoms in total. The smallest absolute Gasteiger partial charge is 0.160 e. The van der Waals surface area contributed by atoms with E-state index in [0.29, 0.717) is 0 Å². The van der Waals surface area contributed by atoms with Crippen LogP contribution in [0.3, 0.4) is 0 Å². The number of fused-ring (bicyclic) bond motifs is 1. The molecule has 0 saturated carbocycles. The van der Waals surface area contributed by atoms with E-state index in [2.05, 4.69) is 29.8 Å². The van der Waals surface area contributed by atoms with E-state index in [4.69, 9.17) is 0 Å². The number of carbonyl (C=O) groups is 1.